The molecule has 0 amide bonds. The zero-order chi connectivity index (χ0) is 11.1. The third-order valence-electron chi connectivity index (χ3n) is 1.48. The van der Waals surface area contributed by atoms with Crippen molar-refractivity contribution in [2.45, 2.75) is 24.9 Å². The average molecular weight is 208 g/mol. The third-order valence-corrected chi connectivity index (χ3v) is 1.48. The first kappa shape index (κ1) is 12.3. The number of hydrogen-bond acceptors (Lipinski definition) is 1. The Hall–Kier alpha value is -0.720. The summed E-state index contributed by atoms with van der Waals surface area (Å²) >= 11 is 0. The van der Waals surface area contributed by atoms with E-state index < -0.39 is 23.5 Å². The Morgan fingerprint density at radius 2 is 1.38 bits per heavy atom. The first-order valence-corrected chi connectivity index (χ1v) is 2.96. The van der Waals surface area contributed by atoms with E-state index in [1.54, 1.807) is 0 Å². The Balaban J connectivity index is 4.98. The number of rotatable bonds is 1. The van der Waals surface area contributed by atoms with E-state index in [2.05, 4.69) is 6.58 Å². The zero-order valence-corrected chi connectivity index (χ0v) is 6.42. The Morgan fingerprint density at radius 3 is 1.46 bits per heavy atom. The lowest BCUT2D eigenvalue weighted by atomic mass is 9.96. The Labute approximate surface area is 69.7 Å². The van der Waals surface area contributed by atoms with Crippen LogP contribution in [0.5, 0.6) is 0 Å². The number of hydrogen-bond donors (Lipinski definition) is 1. The molecule has 0 aliphatic rings. The number of aliphatic hydroxyl groups is 1. The van der Waals surface area contributed by atoms with Gasteiger partial charge in [0.1, 0.15) is 0 Å². The van der Waals surface area contributed by atoms with Crippen LogP contribution in [-0.2, 0) is 0 Å². The van der Waals surface area contributed by atoms with Gasteiger partial charge in [-0.25, -0.2) is 0 Å². The molecule has 0 heterocycles. The lowest BCUT2D eigenvalue weighted by Crippen LogP contribution is -2.47. The summed E-state index contributed by atoms with van der Waals surface area (Å²) in [5.74, 6) is 0. The van der Waals surface area contributed by atoms with E-state index >= 15 is 0 Å². The van der Waals surface area contributed by atoms with Gasteiger partial charge in [-0.15, -0.1) is 0 Å². The highest BCUT2D eigenvalue weighted by Crippen LogP contribution is 2.41. The molecular weight excluding hydrogens is 202 g/mol. The Bertz CT molecular complexity index is 210. The van der Waals surface area contributed by atoms with Crippen molar-refractivity contribution in [3.05, 3.63) is 12.2 Å². The van der Waals surface area contributed by atoms with Gasteiger partial charge in [-0.1, -0.05) is 6.58 Å². The molecule has 1 N–H and O–H groups in total. The summed E-state index contributed by atoms with van der Waals surface area (Å²) in [4.78, 5) is 0. The SMILES string of the molecule is C=C(C(F)(F)F)C(C)(O)C(F)(F)F. The van der Waals surface area contributed by atoms with E-state index in [0.717, 1.165) is 0 Å². The van der Waals surface area contributed by atoms with Crippen LogP contribution < -0.4 is 0 Å². The molecule has 0 radical (unpaired) electrons. The van der Waals surface area contributed by atoms with Crippen molar-refractivity contribution in [2.24, 2.45) is 0 Å². The second-order valence-electron chi connectivity index (χ2n) is 2.55. The molecule has 0 fully saturated rings. The number of halogens is 6. The van der Waals surface area contributed by atoms with Gasteiger partial charge in [-0.2, -0.15) is 26.3 Å². The van der Waals surface area contributed by atoms with E-state index in [0.29, 0.717) is 0 Å². The van der Waals surface area contributed by atoms with Crippen LogP contribution in [0.15, 0.2) is 12.2 Å². The molecule has 78 valence electrons. The Morgan fingerprint density at radius 1 is 1.08 bits per heavy atom. The fraction of sp³-hybridized carbons (Fsp3) is 0.667. The quantitative estimate of drug-likeness (QED) is 0.518. The largest absolute Gasteiger partial charge is 0.421 e. The van der Waals surface area contributed by atoms with Crippen molar-refractivity contribution < 1.29 is 31.4 Å². The van der Waals surface area contributed by atoms with Gasteiger partial charge < -0.3 is 5.11 Å². The highest BCUT2D eigenvalue weighted by atomic mass is 19.4. The van der Waals surface area contributed by atoms with E-state index in [1.165, 1.54) is 0 Å². The molecule has 0 aromatic rings. The Kier molecular flexibility index (Phi) is 2.74. The minimum atomic E-state index is -5.39. The molecule has 13 heavy (non-hydrogen) atoms. The predicted octanol–water partition coefficient (Wildman–Crippen LogP) is 2.42. The summed E-state index contributed by atoms with van der Waals surface area (Å²) in [6.07, 6.45) is -10.7. The van der Waals surface area contributed by atoms with Crippen molar-refractivity contribution in [1.29, 1.82) is 0 Å². The fourth-order valence-electron chi connectivity index (χ4n) is 0.447. The zero-order valence-electron chi connectivity index (χ0n) is 6.42. The summed E-state index contributed by atoms with van der Waals surface area (Å²) in [7, 11) is 0. The minimum Gasteiger partial charge on any atom is -0.376 e. The molecule has 7 heteroatoms. The van der Waals surface area contributed by atoms with Gasteiger partial charge in [-0.3, -0.25) is 0 Å². The van der Waals surface area contributed by atoms with Crippen LogP contribution >= 0.6 is 0 Å². The van der Waals surface area contributed by atoms with Crippen LogP contribution in [0.25, 0.3) is 0 Å². The van der Waals surface area contributed by atoms with Crippen LogP contribution in [0.3, 0.4) is 0 Å². The van der Waals surface area contributed by atoms with Crippen LogP contribution in [0.2, 0.25) is 0 Å². The van der Waals surface area contributed by atoms with Gasteiger partial charge in [-0.05, 0) is 6.92 Å². The molecule has 0 saturated heterocycles. The van der Waals surface area contributed by atoms with Crippen LogP contribution in [0.1, 0.15) is 6.92 Å². The second kappa shape index (κ2) is 2.90. The van der Waals surface area contributed by atoms with Gasteiger partial charge in [0.2, 0.25) is 0 Å². The van der Waals surface area contributed by atoms with E-state index in [9.17, 15) is 26.3 Å². The van der Waals surface area contributed by atoms with Gasteiger partial charge in [0.15, 0.2) is 5.60 Å². The van der Waals surface area contributed by atoms with Crippen molar-refractivity contribution in [1.82, 2.24) is 0 Å². The molecule has 0 aliphatic heterocycles. The monoisotopic (exact) mass is 208 g/mol. The maximum atomic E-state index is 11.8. The molecule has 0 rings (SSSR count). The van der Waals surface area contributed by atoms with Crippen molar-refractivity contribution in [3.63, 3.8) is 0 Å². The summed E-state index contributed by atoms with van der Waals surface area (Å²) in [6.45, 7) is 2.17. The predicted molar refractivity (Wildman–Crippen MR) is 31.9 cm³/mol. The molecule has 1 nitrogen and oxygen atoms in total. The summed E-state index contributed by atoms with van der Waals surface area (Å²) in [6, 6.07) is 0. The first-order valence-electron chi connectivity index (χ1n) is 2.96. The normalized spacial score (nSPS) is 18.2. The van der Waals surface area contributed by atoms with Crippen molar-refractivity contribution in [2.75, 3.05) is 0 Å². The number of alkyl halides is 6. The molecular formula is C6H6F6O. The van der Waals surface area contributed by atoms with E-state index in [-0.39, 0.29) is 6.92 Å². The van der Waals surface area contributed by atoms with E-state index in [1.807, 2.05) is 0 Å². The van der Waals surface area contributed by atoms with Crippen LogP contribution in [0, 0.1) is 0 Å². The maximum absolute atomic E-state index is 11.8. The van der Waals surface area contributed by atoms with E-state index in [4.69, 9.17) is 5.11 Å². The molecule has 1 atom stereocenters. The lowest BCUT2D eigenvalue weighted by molar-refractivity contribution is -0.254. The summed E-state index contributed by atoms with van der Waals surface area (Å²) in [5.41, 5.74) is -6.17. The first-order chi connectivity index (χ1) is 5.40. The molecule has 0 aromatic carbocycles. The molecule has 1 unspecified atom stereocenters. The smallest absolute Gasteiger partial charge is 0.376 e. The van der Waals surface area contributed by atoms with Crippen molar-refractivity contribution >= 4 is 0 Å². The average Bonchev–Trinajstić information content (AvgIpc) is 1.81. The van der Waals surface area contributed by atoms with Crippen molar-refractivity contribution in [3.8, 4) is 0 Å². The molecule has 0 aliphatic carbocycles. The highest BCUT2D eigenvalue weighted by Gasteiger charge is 2.58. The minimum absolute atomic E-state index is 0.00280. The van der Waals surface area contributed by atoms with Gasteiger partial charge in [0.25, 0.3) is 0 Å². The van der Waals surface area contributed by atoms with Gasteiger partial charge >= 0.3 is 12.4 Å². The second-order valence-corrected chi connectivity index (χ2v) is 2.55. The molecule has 0 saturated carbocycles. The molecule has 0 bridgehead atoms. The lowest BCUT2D eigenvalue weighted by Gasteiger charge is -2.29. The third kappa shape index (κ3) is 2.36. The summed E-state index contributed by atoms with van der Waals surface area (Å²) < 4.78 is 70.6. The summed E-state index contributed by atoms with van der Waals surface area (Å²) in [5, 5.41) is 8.51. The molecule has 0 spiro atoms. The van der Waals surface area contributed by atoms with Crippen LogP contribution in [0.4, 0.5) is 26.3 Å². The maximum Gasteiger partial charge on any atom is 0.421 e. The molecule has 0 aromatic heterocycles. The van der Waals surface area contributed by atoms with Crippen LogP contribution in [-0.4, -0.2) is 23.1 Å². The highest BCUT2D eigenvalue weighted by molar-refractivity contribution is 5.19. The fourth-order valence-corrected chi connectivity index (χ4v) is 0.447. The van der Waals surface area contributed by atoms with Gasteiger partial charge in [0.05, 0.1) is 5.57 Å². The van der Waals surface area contributed by atoms with Gasteiger partial charge in [0, 0.05) is 0 Å². The topological polar surface area (TPSA) is 20.2 Å². The standard InChI is InChI=1S/C6H6F6O/c1-3(5(7,8)9)4(2,13)6(10,11)12/h13H,1H2,2H3.